The molecule has 2 aromatic carbocycles. The van der Waals surface area contributed by atoms with Gasteiger partial charge in [0.15, 0.2) is 0 Å². The summed E-state index contributed by atoms with van der Waals surface area (Å²) in [5, 5.41) is 3.91. The third-order valence-corrected chi connectivity index (χ3v) is 3.15. The van der Waals surface area contributed by atoms with E-state index in [1.807, 2.05) is 36.4 Å². The number of benzene rings is 2. The fourth-order valence-corrected chi connectivity index (χ4v) is 2.08. The van der Waals surface area contributed by atoms with Gasteiger partial charge in [-0.15, -0.1) is 0 Å². The number of carbonyl (C=O) groups excluding carboxylic acids is 1. The standard InChI is InChI=1S/C16H13N3O2/c1-10-18-16(19-21-10)14-4-2-3-13(9-14)11-5-7-12(8-6-11)15(17)20/h2-9H,1H3,(H2,17,20). The Morgan fingerprint density at radius 2 is 1.76 bits per heavy atom. The third-order valence-electron chi connectivity index (χ3n) is 3.15. The van der Waals surface area contributed by atoms with Gasteiger partial charge < -0.3 is 10.3 Å². The molecule has 0 fully saturated rings. The lowest BCUT2D eigenvalue weighted by molar-refractivity contribution is 0.100. The maximum absolute atomic E-state index is 11.1. The summed E-state index contributed by atoms with van der Waals surface area (Å²) in [5.74, 6) is 0.655. The minimum atomic E-state index is -0.433. The Hall–Kier alpha value is -2.95. The number of hydrogen-bond acceptors (Lipinski definition) is 4. The number of amides is 1. The highest BCUT2D eigenvalue weighted by Gasteiger charge is 2.07. The number of nitrogens with two attached hydrogens (primary N) is 1. The van der Waals surface area contributed by atoms with Crippen molar-refractivity contribution in [2.24, 2.45) is 5.73 Å². The van der Waals surface area contributed by atoms with E-state index in [9.17, 15) is 4.79 Å². The molecule has 0 aliphatic rings. The molecule has 0 radical (unpaired) electrons. The van der Waals surface area contributed by atoms with Crippen LogP contribution in [0.5, 0.6) is 0 Å². The number of hydrogen-bond donors (Lipinski definition) is 1. The zero-order valence-electron chi connectivity index (χ0n) is 11.4. The fraction of sp³-hybridized carbons (Fsp3) is 0.0625. The smallest absolute Gasteiger partial charge is 0.248 e. The van der Waals surface area contributed by atoms with E-state index in [1.165, 1.54) is 0 Å². The first kappa shape index (κ1) is 13.1. The van der Waals surface area contributed by atoms with Crippen LogP contribution in [0.15, 0.2) is 53.1 Å². The monoisotopic (exact) mass is 279 g/mol. The Morgan fingerprint density at radius 3 is 2.38 bits per heavy atom. The van der Waals surface area contributed by atoms with E-state index in [-0.39, 0.29) is 0 Å². The van der Waals surface area contributed by atoms with Crippen molar-refractivity contribution in [1.82, 2.24) is 10.1 Å². The Kier molecular flexibility index (Phi) is 3.23. The molecular formula is C16H13N3O2. The minimum Gasteiger partial charge on any atom is -0.366 e. The van der Waals surface area contributed by atoms with Crippen molar-refractivity contribution in [3.05, 3.63) is 60.0 Å². The van der Waals surface area contributed by atoms with Crippen LogP contribution in [0.4, 0.5) is 0 Å². The molecule has 0 saturated carbocycles. The molecule has 0 aliphatic heterocycles. The van der Waals surface area contributed by atoms with Crippen molar-refractivity contribution in [1.29, 1.82) is 0 Å². The number of nitrogens with zero attached hydrogens (tertiary/aromatic N) is 2. The first-order valence-electron chi connectivity index (χ1n) is 6.44. The molecule has 0 saturated heterocycles. The normalized spacial score (nSPS) is 10.5. The van der Waals surface area contributed by atoms with Crippen LogP contribution in [-0.4, -0.2) is 16.0 Å². The van der Waals surface area contributed by atoms with Crippen molar-refractivity contribution in [2.45, 2.75) is 6.92 Å². The van der Waals surface area contributed by atoms with Crippen molar-refractivity contribution >= 4 is 5.91 Å². The molecule has 5 heteroatoms. The fourth-order valence-electron chi connectivity index (χ4n) is 2.08. The van der Waals surface area contributed by atoms with Gasteiger partial charge in [0.1, 0.15) is 0 Å². The van der Waals surface area contributed by atoms with Gasteiger partial charge >= 0.3 is 0 Å². The molecule has 21 heavy (non-hydrogen) atoms. The molecule has 0 aliphatic carbocycles. The first-order valence-corrected chi connectivity index (χ1v) is 6.44. The second-order valence-corrected chi connectivity index (χ2v) is 4.66. The summed E-state index contributed by atoms with van der Waals surface area (Å²) in [6, 6.07) is 15.0. The van der Waals surface area contributed by atoms with Gasteiger partial charge in [0.2, 0.25) is 17.6 Å². The number of rotatable bonds is 3. The van der Waals surface area contributed by atoms with Crippen LogP contribution in [0.1, 0.15) is 16.2 Å². The zero-order chi connectivity index (χ0) is 14.8. The molecule has 3 rings (SSSR count). The van der Waals surface area contributed by atoms with Gasteiger partial charge in [-0.3, -0.25) is 4.79 Å². The lowest BCUT2D eigenvalue weighted by Crippen LogP contribution is -2.10. The second-order valence-electron chi connectivity index (χ2n) is 4.66. The van der Waals surface area contributed by atoms with E-state index < -0.39 is 5.91 Å². The Morgan fingerprint density at radius 1 is 1.05 bits per heavy atom. The summed E-state index contributed by atoms with van der Waals surface area (Å²) < 4.78 is 4.99. The first-order chi connectivity index (χ1) is 10.1. The van der Waals surface area contributed by atoms with Crippen LogP contribution in [0, 0.1) is 6.92 Å². The number of aryl methyl sites for hydroxylation is 1. The maximum atomic E-state index is 11.1. The second kappa shape index (κ2) is 5.20. The number of primary amides is 1. The summed E-state index contributed by atoms with van der Waals surface area (Å²) in [5.41, 5.74) is 8.60. The van der Waals surface area contributed by atoms with Crippen molar-refractivity contribution in [3.63, 3.8) is 0 Å². The zero-order valence-corrected chi connectivity index (χ0v) is 11.4. The highest BCUT2D eigenvalue weighted by atomic mass is 16.5. The highest BCUT2D eigenvalue weighted by molar-refractivity contribution is 5.93. The van der Waals surface area contributed by atoms with Gasteiger partial charge in [-0.1, -0.05) is 35.5 Å². The van der Waals surface area contributed by atoms with E-state index in [0.29, 0.717) is 17.3 Å². The van der Waals surface area contributed by atoms with E-state index in [0.717, 1.165) is 16.7 Å². The number of aromatic nitrogens is 2. The van der Waals surface area contributed by atoms with Crippen LogP contribution in [-0.2, 0) is 0 Å². The van der Waals surface area contributed by atoms with Crippen LogP contribution in [0.2, 0.25) is 0 Å². The quantitative estimate of drug-likeness (QED) is 0.799. The molecule has 3 aromatic rings. The van der Waals surface area contributed by atoms with Crippen molar-refractivity contribution in [2.75, 3.05) is 0 Å². The average molecular weight is 279 g/mol. The summed E-state index contributed by atoms with van der Waals surface area (Å²) in [7, 11) is 0. The van der Waals surface area contributed by atoms with Crippen LogP contribution in [0.25, 0.3) is 22.5 Å². The molecule has 0 bridgehead atoms. The van der Waals surface area contributed by atoms with Gasteiger partial charge in [-0.25, -0.2) is 0 Å². The molecule has 0 unspecified atom stereocenters. The topological polar surface area (TPSA) is 82.0 Å². The average Bonchev–Trinajstić information content (AvgIpc) is 2.94. The Bertz CT molecular complexity index is 791. The molecule has 1 heterocycles. The van der Waals surface area contributed by atoms with Crippen LogP contribution < -0.4 is 5.73 Å². The number of carbonyl (C=O) groups is 1. The lowest BCUT2D eigenvalue weighted by atomic mass is 10.0. The van der Waals surface area contributed by atoms with Crippen molar-refractivity contribution in [3.8, 4) is 22.5 Å². The van der Waals surface area contributed by atoms with Gasteiger partial charge in [0, 0.05) is 18.1 Å². The molecule has 1 amide bonds. The summed E-state index contributed by atoms with van der Waals surface area (Å²) in [6.45, 7) is 1.75. The van der Waals surface area contributed by atoms with Crippen LogP contribution in [0.3, 0.4) is 0 Å². The molecule has 104 valence electrons. The molecule has 2 N–H and O–H groups in total. The minimum absolute atomic E-state index is 0.433. The third kappa shape index (κ3) is 2.67. The van der Waals surface area contributed by atoms with E-state index in [1.54, 1.807) is 19.1 Å². The van der Waals surface area contributed by atoms with Crippen molar-refractivity contribution < 1.29 is 9.32 Å². The Labute approximate surface area is 121 Å². The van der Waals surface area contributed by atoms with E-state index in [2.05, 4.69) is 10.1 Å². The SMILES string of the molecule is Cc1nc(-c2cccc(-c3ccc(C(N)=O)cc3)c2)no1. The van der Waals surface area contributed by atoms with Gasteiger partial charge in [0.25, 0.3) is 0 Å². The molecule has 0 atom stereocenters. The molecule has 1 aromatic heterocycles. The largest absolute Gasteiger partial charge is 0.366 e. The van der Waals surface area contributed by atoms with Crippen LogP contribution >= 0.6 is 0 Å². The van der Waals surface area contributed by atoms with E-state index in [4.69, 9.17) is 10.3 Å². The highest BCUT2D eigenvalue weighted by Crippen LogP contribution is 2.25. The molecule has 5 nitrogen and oxygen atoms in total. The lowest BCUT2D eigenvalue weighted by Gasteiger charge is -2.04. The van der Waals surface area contributed by atoms with Gasteiger partial charge in [-0.2, -0.15) is 4.98 Å². The van der Waals surface area contributed by atoms with E-state index >= 15 is 0 Å². The predicted octanol–water partition coefficient (Wildman–Crippen LogP) is 2.81. The predicted molar refractivity (Wildman–Crippen MR) is 78.4 cm³/mol. The molecule has 0 spiro atoms. The Balaban J connectivity index is 1.97. The maximum Gasteiger partial charge on any atom is 0.248 e. The summed E-state index contributed by atoms with van der Waals surface area (Å²) >= 11 is 0. The molecular weight excluding hydrogens is 266 g/mol. The summed E-state index contributed by atoms with van der Waals surface area (Å²) in [6.07, 6.45) is 0. The van der Waals surface area contributed by atoms with Gasteiger partial charge in [-0.05, 0) is 29.3 Å². The summed E-state index contributed by atoms with van der Waals surface area (Å²) in [4.78, 5) is 15.3. The van der Waals surface area contributed by atoms with Gasteiger partial charge in [0.05, 0.1) is 0 Å².